The van der Waals surface area contributed by atoms with Crippen LogP contribution in [-0.2, 0) is 32.7 Å². The minimum Gasteiger partial charge on any atom is -0.462 e. The lowest BCUT2D eigenvalue weighted by molar-refractivity contribution is -0.220. The molecule has 7 N–H and O–H groups in total. The van der Waals surface area contributed by atoms with Gasteiger partial charge in [-0.15, -0.1) is 0 Å². The van der Waals surface area contributed by atoms with Gasteiger partial charge in [0, 0.05) is 12.8 Å². The Bertz CT molecular complexity index is 1320. The van der Waals surface area contributed by atoms with Gasteiger partial charge in [-0.25, -0.2) is 4.57 Å². The Kier molecular flexibility index (Phi) is 36.3. The van der Waals surface area contributed by atoms with E-state index in [2.05, 4.69) is 38.2 Å². The second-order valence-corrected chi connectivity index (χ2v) is 18.6. The van der Waals surface area contributed by atoms with Crippen molar-refractivity contribution >= 4 is 19.8 Å². The molecule has 4 unspecified atom stereocenters. The molecule has 0 saturated heterocycles. The Morgan fingerprint density at radius 1 is 0.562 bits per heavy atom. The summed E-state index contributed by atoms with van der Waals surface area (Å²) in [7, 11) is -5.17. The van der Waals surface area contributed by atoms with Gasteiger partial charge >= 0.3 is 19.8 Å². The van der Waals surface area contributed by atoms with Crippen molar-refractivity contribution in [3.63, 3.8) is 0 Å². The normalized spacial score (nSPS) is 22.5. The quantitative estimate of drug-likeness (QED) is 0.0100. The van der Waals surface area contributed by atoms with E-state index in [9.17, 15) is 49.7 Å². The van der Waals surface area contributed by atoms with Crippen molar-refractivity contribution in [2.24, 2.45) is 0 Å². The minimum atomic E-state index is -5.17. The van der Waals surface area contributed by atoms with Crippen molar-refractivity contribution in [2.75, 3.05) is 13.2 Å². The van der Waals surface area contributed by atoms with E-state index < -0.39 is 81.8 Å². The Hall–Kier alpha value is -2.23. The van der Waals surface area contributed by atoms with Crippen LogP contribution in [0.15, 0.2) is 48.6 Å². The smallest absolute Gasteiger partial charge is 0.462 e. The van der Waals surface area contributed by atoms with Gasteiger partial charge in [-0.05, 0) is 64.2 Å². The fourth-order valence-corrected chi connectivity index (χ4v) is 8.20. The Balaban J connectivity index is 2.52. The van der Waals surface area contributed by atoms with E-state index in [-0.39, 0.29) is 12.8 Å². The Labute approximate surface area is 384 Å². The second-order valence-electron chi connectivity index (χ2n) is 17.2. The fraction of sp³-hybridized carbons (Fsp3) is 0.796. The Morgan fingerprint density at radius 3 is 1.58 bits per heavy atom. The van der Waals surface area contributed by atoms with Crippen LogP contribution in [-0.4, -0.2) is 110 Å². The van der Waals surface area contributed by atoms with Crippen LogP contribution in [0, 0.1) is 0 Å². The first-order valence-electron chi connectivity index (χ1n) is 24.5. The molecule has 9 atom stereocenters. The zero-order valence-corrected chi connectivity index (χ0v) is 40.1. The third kappa shape index (κ3) is 30.9. The summed E-state index contributed by atoms with van der Waals surface area (Å²) in [5.74, 6) is -1.30. The van der Waals surface area contributed by atoms with Gasteiger partial charge in [0.05, 0.1) is 12.7 Å². The molecule has 0 bridgehead atoms. The number of hydrogen-bond donors (Lipinski definition) is 7. The molecule has 0 radical (unpaired) electrons. The number of carbonyl (C=O) groups is 2. The number of phosphoric ester groups is 1. The molecule has 0 aromatic heterocycles. The maximum Gasteiger partial charge on any atom is 0.472 e. The number of ether oxygens (including phenoxy) is 2. The molecule has 1 aliphatic carbocycles. The van der Waals surface area contributed by atoms with Crippen LogP contribution in [0.2, 0.25) is 0 Å². The number of esters is 2. The summed E-state index contributed by atoms with van der Waals surface area (Å²) >= 11 is 0. The summed E-state index contributed by atoms with van der Waals surface area (Å²) in [6, 6.07) is 0. The highest BCUT2D eigenvalue weighted by atomic mass is 31.2. The van der Waals surface area contributed by atoms with Crippen LogP contribution >= 0.6 is 7.82 Å². The van der Waals surface area contributed by atoms with E-state index in [0.717, 1.165) is 64.2 Å². The average molecular weight is 931 g/mol. The number of phosphoric acid groups is 1. The summed E-state index contributed by atoms with van der Waals surface area (Å²) in [5.41, 5.74) is 0. The van der Waals surface area contributed by atoms with Crippen molar-refractivity contribution in [2.45, 2.75) is 236 Å². The molecule has 0 aromatic carbocycles. The first-order valence-corrected chi connectivity index (χ1v) is 26.0. The van der Waals surface area contributed by atoms with Crippen LogP contribution in [0.4, 0.5) is 0 Å². The van der Waals surface area contributed by atoms with Gasteiger partial charge in [0.25, 0.3) is 0 Å². The fourth-order valence-electron chi connectivity index (χ4n) is 7.23. The molecular formula is C49H87O14P. The monoisotopic (exact) mass is 931 g/mol. The molecule has 0 amide bonds. The van der Waals surface area contributed by atoms with E-state index >= 15 is 0 Å². The maximum absolute atomic E-state index is 12.8. The molecular weight excluding hydrogens is 843 g/mol. The number of unbranched alkanes of at least 4 members (excludes halogenated alkanes) is 19. The van der Waals surface area contributed by atoms with Gasteiger partial charge in [-0.2, -0.15) is 0 Å². The Morgan fingerprint density at radius 2 is 1.03 bits per heavy atom. The summed E-state index contributed by atoms with van der Waals surface area (Å²) in [4.78, 5) is 35.8. The topological polar surface area (TPSA) is 230 Å². The van der Waals surface area contributed by atoms with Gasteiger partial charge in [-0.1, -0.05) is 159 Å². The molecule has 0 aliphatic heterocycles. The standard InChI is InChI=1S/C49H87O14P/c1-3-5-7-9-11-13-15-17-18-19-20-22-24-26-28-30-32-36-43(52)62-41(39-61-64(58,59)63-49-47(56)45(54)44(53)46(55)48(49)57)38-60-42(51)37-33-35-40(50)34-31-29-27-25-23-21-16-14-12-10-8-6-4-2/h17-18,21,23,27,29,31,34,40-41,44-50,53-57H,3-16,19-20,22,24-26,28,30,32-33,35-39H2,1-2H3,(H,58,59)/b18-17-,23-21+,29-27+,34-31+/t40?,41-,44?,45-,46+,47-,48-,49?/m1/s1. The molecule has 372 valence electrons. The van der Waals surface area contributed by atoms with Crippen LogP contribution in [0.5, 0.6) is 0 Å². The zero-order chi connectivity index (χ0) is 47.3. The summed E-state index contributed by atoms with van der Waals surface area (Å²) in [6.45, 7) is 3.13. The number of allylic oxidation sites excluding steroid dienone is 7. The zero-order valence-electron chi connectivity index (χ0n) is 39.2. The number of aliphatic hydroxyl groups excluding tert-OH is 6. The highest BCUT2D eigenvalue weighted by Crippen LogP contribution is 2.47. The van der Waals surface area contributed by atoms with Gasteiger partial charge in [0.1, 0.15) is 43.2 Å². The van der Waals surface area contributed by atoms with Gasteiger partial charge in [0.15, 0.2) is 6.10 Å². The van der Waals surface area contributed by atoms with Gasteiger partial charge < -0.3 is 45.0 Å². The lowest BCUT2D eigenvalue weighted by Crippen LogP contribution is -2.64. The number of rotatable bonds is 40. The molecule has 14 nitrogen and oxygen atoms in total. The van der Waals surface area contributed by atoms with Crippen molar-refractivity contribution in [1.29, 1.82) is 0 Å². The lowest BCUT2D eigenvalue weighted by Gasteiger charge is -2.41. The van der Waals surface area contributed by atoms with E-state index in [1.165, 1.54) is 77.0 Å². The first kappa shape index (κ1) is 59.8. The molecule has 0 heterocycles. The summed E-state index contributed by atoms with van der Waals surface area (Å²) < 4.78 is 33.4. The van der Waals surface area contributed by atoms with E-state index in [0.29, 0.717) is 19.3 Å². The van der Waals surface area contributed by atoms with Crippen LogP contribution in [0.1, 0.15) is 187 Å². The third-order valence-corrected chi connectivity index (χ3v) is 12.2. The summed E-state index contributed by atoms with van der Waals surface area (Å²) in [5, 5.41) is 60.5. The number of aliphatic hydroxyl groups is 6. The van der Waals surface area contributed by atoms with Crippen LogP contribution in [0.3, 0.4) is 0 Å². The van der Waals surface area contributed by atoms with E-state index in [1.807, 2.05) is 12.2 Å². The first-order chi connectivity index (χ1) is 30.8. The van der Waals surface area contributed by atoms with Crippen molar-refractivity contribution in [3.8, 4) is 0 Å². The third-order valence-electron chi connectivity index (χ3n) is 11.2. The van der Waals surface area contributed by atoms with Crippen molar-refractivity contribution < 1.29 is 68.2 Å². The molecule has 1 fully saturated rings. The predicted octanol–water partition coefficient (Wildman–Crippen LogP) is 8.92. The maximum atomic E-state index is 12.8. The minimum absolute atomic E-state index is 0.0518. The molecule has 1 rings (SSSR count). The van der Waals surface area contributed by atoms with Gasteiger partial charge in [0.2, 0.25) is 0 Å². The summed E-state index contributed by atoms with van der Waals surface area (Å²) in [6.07, 6.45) is 28.9. The highest BCUT2D eigenvalue weighted by molar-refractivity contribution is 7.47. The largest absolute Gasteiger partial charge is 0.472 e. The SMILES string of the molecule is CCCCCCCC/C=C\CCCCCCCCCC(=O)O[C@H](COC(=O)CCCC(O)/C=C/C=C/C/C=C/CCCCCCCC)COP(=O)(O)OC1[C@H](O)[C@H](O)C(O)[C@H](O)[C@H]1O. The highest BCUT2D eigenvalue weighted by Gasteiger charge is 2.51. The van der Waals surface area contributed by atoms with E-state index in [1.54, 1.807) is 12.2 Å². The second kappa shape index (κ2) is 38.8. The molecule has 64 heavy (non-hydrogen) atoms. The molecule has 0 spiro atoms. The molecule has 0 aromatic rings. The van der Waals surface area contributed by atoms with E-state index in [4.69, 9.17) is 18.5 Å². The van der Waals surface area contributed by atoms with Crippen LogP contribution in [0.25, 0.3) is 0 Å². The predicted molar refractivity (Wildman–Crippen MR) is 250 cm³/mol. The van der Waals surface area contributed by atoms with Crippen LogP contribution < -0.4 is 0 Å². The van der Waals surface area contributed by atoms with Crippen molar-refractivity contribution in [3.05, 3.63) is 48.6 Å². The number of carbonyl (C=O) groups excluding carboxylic acids is 2. The molecule has 1 saturated carbocycles. The molecule has 15 heteroatoms. The lowest BCUT2D eigenvalue weighted by atomic mass is 9.85. The number of hydrogen-bond acceptors (Lipinski definition) is 13. The van der Waals surface area contributed by atoms with Gasteiger partial charge in [-0.3, -0.25) is 18.6 Å². The molecule has 1 aliphatic rings. The van der Waals surface area contributed by atoms with Crippen molar-refractivity contribution in [1.82, 2.24) is 0 Å². The average Bonchev–Trinajstić information content (AvgIpc) is 3.27.